The molecule has 0 aliphatic carbocycles. The molecule has 0 bridgehead atoms. The highest BCUT2D eigenvalue weighted by molar-refractivity contribution is 5.96. The maximum Gasteiger partial charge on any atom is 0.246 e. The lowest BCUT2D eigenvalue weighted by Crippen LogP contribution is -2.19. The van der Waals surface area contributed by atoms with Crippen molar-refractivity contribution < 1.29 is 4.79 Å². The van der Waals surface area contributed by atoms with Crippen LogP contribution < -0.4 is 5.32 Å². The summed E-state index contributed by atoms with van der Waals surface area (Å²) in [5.74, 6) is -0.191. The number of hydrogen-bond acceptors (Lipinski definition) is 5. The van der Waals surface area contributed by atoms with Crippen molar-refractivity contribution in [2.45, 2.75) is 33.9 Å². The molecule has 0 saturated heterocycles. The Labute approximate surface area is 197 Å². The molecule has 9 nitrogen and oxygen atoms in total. The first-order valence-corrected chi connectivity index (χ1v) is 11.1. The lowest BCUT2D eigenvalue weighted by molar-refractivity contribution is -0.116. The van der Waals surface area contributed by atoms with Crippen LogP contribution in [0.5, 0.6) is 0 Å². The quantitative estimate of drug-likeness (QED) is 0.423. The van der Waals surface area contributed by atoms with Crippen LogP contribution in [-0.2, 0) is 24.9 Å². The van der Waals surface area contributed by atoms with E-state index in [1.54, 1.807) is 26.4 Å². The number of fused-ring (bicyclic) bond motifs is 1. The van der Waals surface area contributed by atoms with E-state index in [2.05, 4.69) is 56.8 Å². The van der Waals surface area contributed by atoms with Crippen LogP contribution in [0.15, 0.2) is 55.1 Å². The van der Waals surface area contributed by atoms with Gasteiger partial charge in [0.05, 0.1) is 29.8 Å². The summed E-state index contributed by atoms with van der Waals surface area (Å²) in [4.78, 5) is 17.3. The van der Waals surface area contributed by atoms with E-state index in [4.69, 9.17) is 0 Å². The van der Waals surface area contributed by atoms with Gasteiger partial charge in [-0.15, -0.1) is 0 Å². The maximum absolute atomic E-state index is 12.8. The van der Waals surface area contributed by atoms with E-state index < -0.39 is 0 Å². The van der Waals surface area contributed by atoms with E-state index in [1.165, 1.54) is 5.56 Å². The Morgan fingerprint density at radius 3 is 2.53 bits per heavy atom. The Kier molecular flexibility index (Phi) is 5.45. The molecule has 5 rings (SSSR count). The van der Waals surface area contributed by atoms with E-state index in [9.17, 15) is 4.79 Å². The van der Waals surface area contributed by atoms with Crippen molar-refractivity contribution in [3.8, 4) is 11.1 Å². The Hall–Kier alpha value is -4.27. The topological polar surface area (TPSA) is 95.5 Å². The van der Waals surface area contributed by atoms with Crippen LogP contribution in [-0.4, -0.2) is 40.2 Å². The summed E-state index contributed by atoms with van der Waals surface area (Å²) >= 11 is 0. The van der Waals surface area contributed by atoms with E-state index in [0.29, 0.717) is 17.9 Å². The molecule has 0 atom stereocenters. The molecule has 0 spiro atoms. The number of benzene rings is 1. The van der Waals surface area contributed by atoms with Crippen LogP contribution in [0.3, 0.4) is 0 Å². The third kappa shape index (κ3) is 4.19. The number of nitrogens with zero attached hydrogens (tertiary/aromatic N) is 7. The Bertz CT molecular complexity index is 1490. The van der Waals surface area contributed by atoms with Crippen LogP contribution in [0.4, 0.5) is 5.69 Å². The van der Waals surface area contributed by atoms with Gasteiger partial charge >= 0.3 is 0 Å². The van der Waals surface area contributed by atoms with Gasteiger partial charge in [0.2, 0.25) is 5.91 Å². The number of nitrogens with one attached hydrogen (secondary N) is 1. The lowest BCUT2D eigenvalue weighted by atomic mass is 10.0. The van der Waals surface area contributed by atoms with Gasteiger partial charge < -0.3 is 5.32 Å². The molecule has 9 heteroatoms. The standard InChI is InChI=1S/C25H26N8O/c1-16-5-7-19(8-6-16)22-9-10-26-25-24(22)18(3)30-33(25)15-23(34)28-21-11-27-32(14-21)13-20-12-31(4)29-17(20)2/h5-12,14H,13,15H2,1-4H3,(H,28,34). The number of pyridine rings is 1. The summed E-state index contributed by atoms with van der Waals surface area (Å²) in [5.41, 5.74) is 7.56. The summed E-state index contributed by atoms with van der Waals surface area (Å²) < 4.78 is 5.22. The average molecular weight is 455 g/mol. The molecule has 0 radical (unpaired) electrons. The number of carbonyl (C=O) groups excluding carboxylic acids is 1. The molecule has 0 aliphatic rings. The van der Waals surface area contributed by atoms with Gasteiger partial charge in [-0.3, -0.25) is 14.2 Å². The number of anilines is 1. The second-order valence-corrected chi connectivity index (χ2v) is 8.55. The second-order valence-electron chi connectivity index (χ2n) is 8.55. The van der Waals surface area contributed by atoms with Crippen molar-refractivity contribution in [2.24, 2.45) is 7.05 Å². The van der Waals surface area contributed by atoms with E-state index in [1.807, 2.05) is 39.4 Å². The van der Waals surface area contributed by atoms with Gasteiger partial charge in [-0.25, -0.2) is 9.67 Å². The zero-order valence-corrected chi connectivity index (χ0v) is 19.6. The van der Waals surface area contributed by atoms with Crippen LogP contribution in [0.1, 0.15) is 22.5 Å². The average Bonchev–Trinajstić information content (AvgIpc) is 3.46. The van der Waals surface area contributed by atoms with E-state index >= 15 is 0 Å². The highest BCUT2D eigenvalue weighted by atomic mass is 16.2. The molecule has 0 fully saturated rings. The third-order valence-corrected chi connectivity index (χ3v) is 5.83. The van der Waals surface area contributed by atoms with Crippen molar-refractivity contribution >= 4 is 22.6 Å². The van der Waals surface area contributed by atoms with E-state index in [0.717, 1.165) is 33.5 Å². The van der Waals surface area contributed by atoms with Crippen LogP contribution in [0.2, 0.25) is 0 Å². The van der Waals surface area contributed by atoms with Gasteiger partial charge in [0.15, 0.2) is 5.65 Å². The Balaban J connectivity index is 1.33. The largest absolute Gasteiger partial charge is 0.322 e. The van der Waals surface area contributed by atoms with Crippen molar-refractivity contribution in [2.75, 3.05) is 5.32 Å². The highest BCUT2D eigenvalue weighted by Crippen LogP contribution is 2.30. The molecular weight excluding hydrogens is 428 g/mol. The summed E-state index contributed by atoms with van der Waals surface area (Å²) in [5, 5.41) is 17.2. The summed E-state index contributed by atoms with van der Waals surface area (Å²) in [7, 11) is 1.89. The lowest BCUT2D eigenvalue weighted by Gasteiger charge is -2.06. The number of aryl methyl sites for hydroxylation is 4. The number of amides is 1. The normalized spacial score (nSPS) is 11.3. The first-order chi connectivity index (χ1) is 16.4. The Morgan fingerprint density at radius 1 is 1.00 bits per heavy atom. The summed E-state index contributed by atoms with van der Waals surface area (Å²) in [6.45, 7) is 6.63. The van der Waals surface area contributed by atoms with Gasteiger partial charge in [-0.1, -0.05) is 29.8 Å². The molecule has 172 valence electrons. The first kappa shape index (κ1) is 21.6. The number of rotatable bonds is 6. The van der Waals surface area contributed by atoms with E-state index in [-0.39, 0.29) is 12.5 Å². The fourth-order valence-corrected chi connectivity index (χ4v) is 4.20. The van der Waals surface area contributed by atoms with Crippen LogP contribution in [0, 0.1) is 20.8 Å². The predicted octanol–water partition coefficient (Wildman–Crippen LogP) is 3.64. The zero-order chi connectivity index (χ0) is 23.8. The smallest absolute Gasteiger partial charge is 0.246 e. The monoisotopic (exact) mass is 454 g/mol. The molecule has 1 amide bonds. The summed E-state index contributed by atoms with van der Waals surface area (Å²) in [6.07, 6.45) is 7.18. The van der Waals surface area contributed by atoms with Crippen molar-refractivity contribution in [1.82, 2.24) is 34.3 Å². The van der Waals surface area contributed by atoms with Crippen LogP contribution >= 0.6 is 0 Å². The predicted molar refractivity (Wildman–Crippen MR) is 130 cm³/mol. The fourth-order valence-electron chi connectivity index (χ4n) is 4.20. The van der Waals surface area contributed by atoms with Crippen molar-refractivity contribution in [3.05, 3.63) is 77.6 Å². The molecule has 4 heterocycles. The molecule has 0 unspecified atom stereocenters. The van der Waals surface area contributed by atoms with Gasteiger partial charge in [0.1, 0.15) is 6.54 Å². The fraction of sp³-hybridized carbons (Fsp3) is 0.240. The zero-order valence-electron chi connectivity index (χ0n) is 19.6. The number of carbonyl (C=O) groups is 1. The molecule has 34 heavy (non-hydrogen) atoms. The minimum atomic E-state index is -0.191. The first-order valence-electron chi connectivity index (χ1n) is 11.1. The number of hydrogen-bond donors (Lipinski definition) is 1. The molecule has 1 aromatic carbocycles. The van der Waals surface area contributed by atoms with Gasteiger partial charge in [-0.05, 0) is 38.0 Å². The number of aromatic nitrogens is 7. The van der Waals surface area contributed by atoms with Gasteiger partial charge in [0.25, 0.3) is 0 Å². The molecule has 0 saturated carbocycles. The molecule has 4 aromatic heterocycles. The molecule has 1 N–H and O–H groups in total. The maximum atomic E-state index is 12.8. The minimum absolute atomic E-state index is 0.0571. The van der Waals surface area contributed by atoms with Gasteiger partial charge in [0, 0.05) is 36.6 Å². The highest BCUT2D eigenvalue weighted by Gasteiger charge is 2.16. The summed E-state index contributed by atoms with van der Waals surface area (Å²) in [6, 6.07) is 10.4. The SMILES string of the molecule is Cc1ccc(-c2ccnc3c2c(C)nn3CC(=O)Nc2cnn(Cc3cn(C)nc3C)c2)cc1. The van der Waals surface area contributed by atoms with Crippen molar-refractivity contribution in [1.29, 1.82) is 0 Å². The molecular formula is C25H26N8O. The third-order valence-electron chi connectivity index (χ3n) is 5.83. The minimum Gasteiger partial charge on any atom is -0.322 e. The second kappa shape index (κ2) is 8.58. The van der Waals surface area contributed by atoms with Crippen molar-refractivity contribution in [3.63, 3.8) is 0 Å². The van der Waals surface area contributed by atoms with Crippen LogP contribution in [0.25, 0.3) is 22.2 Å². The molecule has 0 aliphatic heterocycles. The Morgan fingerprint density at radius 2 is 1.79 bits per heavy atom. The molecule has 5 aromatic rings. The van der Waals surface area contributed by atoms with Gasteiger partial charge in [-0.2, -0.15) is 15.3 Å².